The summed E-state index contributed by atoms with van der Waals surface area (Å²) in [5.41, 5.74) is 3.37. The van der Waals surface area contributed by atoms with Gasteiger partial charge in [-0.05, 0) is 29.5 Å². The molecule has 30 heavy (non-hydrogen) atoms. The molecule has 0 fully saturated rings. The summed E-state index contributed by atoms with van der Waals surface area (Å²) < 4.78 is 7.40. The second-order valence-corrected chi connectivity index (χ2v) is 7.62. The normalized spacial score (nSPS) is 11.9. The quantitative estimate of drug-likeness (QED) is 0.590. The average molecular weight is 407 g/mol. The van der Waals surface area contributed by atoms with Crippen LogP contribution in [0.1, 0.15) is 48.3 Å². The van der Waals surface area contributed by atoms with E-state index in [4.69, 9.17) is 4.74 Å². The molecule has 2 N–H and O–H groups in total. The lowest BCUT2D eigenvalue weighted by Crippen LogP contribution is -2.40. The third-order valence-corrected chi connectivity index (χ3v) is 5.19. The minimum Gasteiger partial charge on any atom is -0.496 e. The van der Waals surface area contributed by atoms with Crippen molar-refractivity contribution >= 4 is 6.03 Å². The van der Waals surface area contributed by atoms with Gasteiger partial charge in [0.15, 0.2) is 0 Å². The van der Waals surface area contributed by atoms with E-state index in [1.54, 1.807) is 13.3 Å². The van der Waals surface area contributed by atoms with Crippen LogP contribution in [0.4, 0.5) is 4.79 Å². The number of amides is 2. The molecule has 1 aromatic heterocycles. The first-order valence-electron chi connectivity index (χ1n) is 10.2. The van der Waals surface area contributed by atoms with E-state index < -0.39 is 6.04 Å². The van der Waals surface area contributed by atoms with Crippen LogP contribution < -0.4 is 15.4 Å². The molecule has 158 valence electrons. The molecule has 3 rings (SSSR count). The van der Waals surface area contributed by atoms with Crippen LogP contribution in [-0.4, -0.2) is 29.2 Å². The molecule has 0 aliphatic rings. The molecule has 6 nitrogen and oxygen atoms in total. The Labute approximate surface area is 178 Å². The Kier molecular flexibility index (Phi) is 7.12. The van der Waals surface area contributed by atoms with E-state index in [1.165, 1.54) is 11.1 Å². The molecule has 3 aromatic rings. The molecule has 0 saturated heterocycles. The number of hydrogen-bond donors (Lipinski definition) is 2. The van der Waals surface area contributed by atoms with Crippen molar-refractivity contribution in [3.63, 3.8) is 0 Å². The van der Waals surface area contributed by atoms with Crippen molar-refractivity contribution in [1.82, 2.24) is 20.2 Å². The number of ether oxygens (including phenoxy) is 1. The molecular weight excluding hydrogens is 376 g/mol. The van der Waals surface area contributed by atoms with Gasteiger partial charge in [-0.2, -0.15) is 0 Å². The van der Waals surface area contributed by atoms with Crippen molar-refractivity contribution in [1.29, 1.82) is 0 Å². The topological polar surface area (TPSA) is 68.2 Å². The second kappa shape index (κ2) is 9.96. The Balaban J connectivity index is 1.66. The Morgan fingerprint density at radius 2 is 1.87 bits per heavy atom. The largest absolute Gasteiger partial charge is 0.496 e. The van der Waals surface area contributed by atoms with E-state index in [-0.39, 0.29) is 6.03 Å². The fourth-order valence-corrected chi connectivity index (χ4v) is 3.41. The summed E-state index contributed by atoms with van der Waals surface area (Å²) in [6, 6.07) is 15.5. The fraction of sp³-hybridized carbons (Fsp3) is 0.333. The van der Waals surface area contributed by atoms with Crippen molar-refractivity contribution in [2.45, 2.75) is 32.2 Å². The van der Waals surface area contributed by atoms with Crippen molar-refractivity contribution in [3.05, 3.63) is 83.4 Å². The number of imidazole rings is 1. The number of rotatable bonds is 8. The maximum Gasteiger partial charge on any atom is 0.315 e. The molecule has 1 heterocycles. The number of aryl methyl sites for hydroxylation is 1. The first kappa shape index (κ1) is 21.4. The number of nitrogens with zero attached hydrogens (tertiary/aromatic N) is 2. The van der Waals surface area contributed by atoms with Crippen LogP contribution in [-0.2, 0) is 13.5 Å². The zero-order valence-corrected chi connectivity index (χ0v) is 18.1. The first-order valence-corrected chi connectivity index (χ1v) is 10.2. The molecule has 6 heteroatoms. The van der Waals surface area contributed by atoms with Gasteiger partial charge in [-0.15, -0.1) is 0 Å². The number of methoxy groups -OCH3 is 1. The van der Waals surface area contributed by atoms with E-state index in [9.17, 15) is 4.79 Å². The van der Waals surface area contributed by atoms with Crippen LogP contribution >= 0.6 is 0 Å². The van der Waals surface area contributed by atoms with Gasteiger partial charge >= 0.3 is 6.03 Å². The zero-order chi connectivity index (χ0) is 21.5. The van der Waals surface area contributed by atoms with E-state index in [0.29, 0.717) is 18.2 Å². The van der Waals surface area contributed by atoms with E-state index in [2.05, 4.69) is 53.7 Å². The number of aromatic nitrogens is 2. The first-order chi connectivity index (χ1) is 14.5. The Morgan fingerprint density at radius 1 is 1.13 bits per heavy atom. The van der Waals surface area contributed by atoms with Crippen LogP contribution in [0.3, 0.4) is 0 Å². The Hall–Kier alpha value is -3.28. The number of benzene rings is 2. The maximum absolute atomic E-state index is 12.7. The monoisotopic (exact) mass is 406 g/mol. The van der Waals surface area contributed by atoms with Crippen molar-refractivity contribution in [3.8, 4) is 5.75 Å². The third kappa shape index (κ3) is 5.20. The summed E-state index contributed by atoms with van der Waals surface area (Å²) in [4.78, 5) is 17.1. The molecule has 2 amide bonds. The zero-order valence-electron chi connectivity index (χ0n) is 18.1. The number of nitrogens with one attached hydrogen (secondary N) is 2. The van der Waals surface area contributed by atoms with Crippen LogP contribution in [0.15, 0.2) is 60.9 Å². The SMILES string of the molecule is COc1ccccc1C(NC(=O)NCCc1ccc(C(C)C)cc1)c1nccn1C. The van der Waals surface area contributed by atoms with E-state index in [0.717, 1.165) is 17.8 Å². The second-order valence-electron chi connectivity index (χ2n) is 7.62. The van der Waals surface area contributed by atoms with Gasteiger partial charge in [0, 0.05) is 31.5 Å². The number of urea groups is 1. The van der Waals surface area contributed by atoms with Gasteiger partial charge in [-0.25, -0.2) is 9.78 Å². The van der Waals surface area contributed by atoms with Gasteiger partial charge in [-0.3, -0.25) is 0 Å². The molecule has 1 atom stereocenters. The number of para-hydroxylation sites is 1. The summed E-state index contributed by atoms with van der Waals surface area (Å²) in [6.07, 6.45) is 4.35. The van der Waals surface area contributed by atoms with E-state index in [1.807, 2.05) is 42.1 Å². The minimum atomic E-state index is -0.425. The van der Waals surface area contributed by atoms with Gasteiger partial charge in [0.2, 0.25) is 0 Å². The van der Waals surface area contributed by atoms with Gasteiger partial charge in [0.05, 0.1) is 7.11 Å². The van der Waals surface area contributed by atoms with Gasteiger partial charge < -0.3 is 19.9 Å². The highest BCUT2D eigenvalue weighted by Crippen LogP contribution is 2.28. The van der Waals surface area contributed by atoms with Crippen molar-refractivity contribution < 1.29 is 9.53 Å². The third-order valence-electron chi connectivity index (χ3n) is 5.19. The maximum atomic E-state index is 12.7. The molecular formula is C24H30N4O2. The Bertz CT molecular complexity index is 963. The van der Waals surface area contributed by atoms with Crippen LogP contribution in [0, 0.1) is 0 Å². The Morgan fingerprint density at radius 3 is 2.50 bits per heavy atom. The minimum absolute atomic E-state index is 0.243. The lowest BCUT2D eigenvalue weighted by molar-refractivity contribution is 0.238. The highest BCUT2D eigenvalue weighted by atomic mass is 16.5. The van der Waals surface area contributed by atoms with Gasteiger partial charge in [-0.1, -0.05) is 56.3 Å². The summed E-state index contributed by atoms with van der Waals surface area (Å²) in [6.45, 7) is 4.91. The van der Waals surface area contributed by atoms with E-state index >= 15 is 0 Å². The lowest BCUT2D eigenvalue weighted by Gasteiger charge is -2.21. The predicted octanol–water partition coefficient (Wildman–Crippen LogP) is 4.18. The molecule has 0 spiro atoms. The van der Waals surface area contributed by atoms with Crippen molar-refractivity contribution in [2.75, 3.05) is 13.7 Å². The molecule has 0 saturated carbocycles. The summed E-state index contributed by atoms with van der Waals surface area (Å²) >= 11 is 0. The average Bonchev–Trinajstić information content (AvgIpc) is 3.18. The summed E-state index contributed by atoms with van der Waals surface area (Å²) in [5, 5.41) is 6.01. The summed E-state index contributed by atoms with van der Waals surface area (Å²) in [5.74, 6) is 1.95. The van der Waals surface area contributed by atoms with Crippen LogP contribution in [0.25, 0.3) is 0 Å². The predicted molar refractivity (Wildman–Crippen MR) is 119 cm³/mol. The van der Waals surface area contributed by atoms with Crippen molar-refractivity contribution in [2.24, 2.45) is 7.05 Å². The molecule has 2 aromatic carbocycles. The van der Waals surface area contributed by atoms with Crippen LogP contribution in [0.5, 0.6) is 5.75 Å². The molecule has 1 unspecified atom stereocenters. The molecule has 0 aliphatic carbocycles. The van der Waals surface area contributed by atoms with Gasteiger partial charge in [0.25, 0.3) is 0 Å². The highest BCUT2D eigenvalue weighted by Gasteiger charge is 2.23. The number of hydrogen-bond acceptors (Lipinski definition) is 3. The number of carbonyl (C=O) groups is 1. The molecule has 0 radical (unpaired) electrons. The summed E-state index contributed by atoms with van der Waals surface area (Å²) in [7, 11) is 3.53. The fourth-order valence-electron chi connectivity index (χ4n) is 3.41. The highest BCUT2D eigenvalue weighted by molar-refractivity contribution is 5.75. The smallest absolute Gasteiger partial charge is 0.315 e. The number of carbonyl (C=O) groups excluding carboxylic acids is 1. The molecule has 0 aliphatic heterocycles. The molecule has 0 bridgehead atoms. The standard InChI is InChI=1S/C24H30N4O2/c1-17(2)19-11-9-18(10-12-19)13-14-26-24(29)27-22(23-25-15-16-28(23)3)20-7-5-6-8-21(20)30-4/h5-12,15-17,22H,13-14H2,1-4H3,(H2,26,27,29). The van der Waals surface area contributed by atoms with Gasteiger partial charge in [0.1, 0.15) is 17.6 Å². The lowest BCUT2D eigenvalue weighted by atomic mass is 10.0. The van der Waals surface area contributed by atoms with Crippen LogP contribution in [0.2, 0.25) is 0 Å².